The molecule has 0 bridgehead atoms. The van der Waals surface area contributed by atoms with Crippen molar-refractivity contribution in [3.63, 3.8) is 0 Å². The SMILES string of the molecule is Cc1ccc(C)c(S(=O)(=O)Oc2ccccc2C(=O)OCC(=O)NC(N)=O)c1. The number of imide groups is 1. The van der Waals surface area contributed by atoms with Gasteiger partial charge in [0, 0.05) is 0 Å². The van der Waals surface area contributed by atoms with E-state index in [1.54, 1.807) is 31.3 Å². The van der Waals surface area contributed by atoms with Gasteiger partial charge in [0.15, 0.2) is 12.4 Å². The van der Waals surface area contributed by atoms with Crippen LogP contribution in [0.2, 0.25) is 0 Å². The van der Waals surface area contributed by atoms with Gasteiger partial charge in [-0.3, -0.25) is 10.1 Å². The van der Waals surface area contributed by atoms with Crippen molar-refractivity contribution in [3.05, 3.63) is 59.2 Å². The number of para-hydroxylation sites is 1. The van der Waals surface area contributed by atoms with Crippen LogP contribution in [0, 0.1) is 13.8 Å². The molecule has 2 aromatic rings. The van der Waals surface area contributed by atoms with Crippen LogP contribution >= 0.6 is 0 Å². The van der Waals surface area contributed by atoms with E-state index in [1.807, 2.05) is 0 Å². The van der Waals surface area contributed by atoms with Gasteiger partial charge in [-0.05, 0) is 43.2 Å². The first kappa shape index (κ1) is 20.9. The number of hydrogen-bond acceptors (Lipinski definition) is 7. The molecule has 0 saturated carbocycles. The highest BCUT2D eigenvalue weighted by molar-refractivity contribution is 7.87. The summed E-state index contributed by atoms with van der Waals surface area (Å²) in [4.78, 5) is 34.1. The first-order chi connectivity index (χ1) is 13.1. The molecule has 0 aliphatic heterocycles. The number of aryl methyl sites for hydroxylation is 2. The van der Waals surface area contributed by atoms with Crippen molar-refractivity contribution in [2.45, 2.75) is 18.7 Å². The zero-order chi connectivity index (χ0) is 20.9. The highest BCUT2D eigenvalue weighted by Gasteiger charge is 2.23. The van der Waals surface area contributed by atoms with Crippen molar-refractivity contribution in [1.29, 1.82) is 0 Å². The van der Waals surface area contributed by atoms with E-state index in [4.69, 9.17) is 14.7 Å². The van der Waals surface area contributed by atoms with E-state index in [0.717, 1.165) is 5.56 Å². The van der Waals surface area contributed by atoms with Crippen molar-refractivity contribution in [2.75, 3.05) is 6.61 Å². The molecule has 0 fully saturated rings. The van der Waals surface area contributed by atoms with E-state index in [2.05, 4.69) is 0 Å². The lowest BCUT2D eigenvalue weighted by atomic mass is 10.2. The number of primary amides is 1. The molecule has 0 saturated heterocycles. The molecule has 0 unspecified atom stereocenters. The topological polar surface area (TPSA) is 142 Å². The predicted octanol–water partition coefficient (Wildman–Crippen LogP) is 1.42. The zero-order valence-electron chi connectivity index (χ0n) is 15.1. The predicted molar refractivity (Wildman–Crippen MR) is 98.2 cm³/mol. The van der Waals surface area contributed by atoms with Crippen molar-refractivity contribution < 1.29 is 31.7 Å². The quantitative estimate of drug-likeness (QED) is 0.546. The van der Waals surface area contributed by atoms with Crippen LogP contribution in [0.4, 0.5) is 4.79 Å². The molecule has 2 rings (SSSR count). The van der Waals surface area contributed by atoms with E-state index in [9.17, 15) is 22.8 Å². The first-order valence-electron chi connectivity index (χ1n) is 7.97. The molecule has 28 heavy (non-hydrogen) atoms. The number of hydrogen-bond donors (Lipinski definition) is 2. The highest BCUT2D eigenvalue weighted by atomic mass is 32.2. The first-order valence-corrected chi connectivity index (χ1v) is 9.38. The van der Waals surface area contributed by atoms with Gasteiger partial charge in [0.1, 0.15) is 10.5 Å². The van der Waals surface area contributed by atoms with Crippen LogP contribution in [0.3, 0.4) is 0 Å². The number of carbonyl (C=O) groups excluding carboxylic acids is 3. The smallest absolute Gasteiger partial charge is 0.342 e. The summed E-state index contributed by atoms with van der Waals surface area (Å²) >= 11 is 0. The summed E-state index contributed by atoms with van der Waals surface area (Å²) in [5.74, 6) is -2.20. The van der Waals surface area contributed by atoms with Gasteiger partial charge in [-0.25, -0.2) is 9.59 Å². The van der Waals surface area contributed by atoms with E-state index >= 15 is 0 Å². The number of esters is 1. The molecular weight excluding hydrogens is 388 g/mol. The minimum absolute atomic E-state index is 0.0310. The van der Waals surface area contributed by atoms with Gasteiger partial charge in [-0.2, -0.15) is 8.42 Å². The van der Waals surface area contributed by atoms with Crippen molar-refractivity contribution >= 4 is 28.0 Å². The average molecular weight is 406 g/mol. The summed E-state index contributed by atoms with van der Waals surface area (Å²) in [5, 5.41) is 1.73. The fraction of sp³-hybridized carbons (Fsp3) is 0.167. The second-order valence-electron chi connectivity index (χ2n) is 5.79. The fourth-order valence-electron chi connectivity index (χ4n) is 2.23. The molecule has 0 aliphatic rings. The molecule has 10 heteroatoms. The number of ether oxygens (including phenoxy) is 1. The molecule has 0 aliphatic carbocycles. The third-order valence-electron chi connectivity index (χ3n) is 3.52. The Morgan fingerprint density at radius 2 is 1.75 bits per heavy atom. The number of nitrogens with one attached hydrogen (secondary N) is 1. The molecule has 148 valence electrons. The maximum absolute atomic E-state index is 12.6. The second-order valence-corrected chi connectivity index (χ2v) is 7.31. The van der Waals surface area contributed by atoms with Crippen LogP contribution in [0.15, 0.2) is 47.4 Å². The van der Waals surface area contributed by atoms with Gasteiger partial charge in [0.2, 0.25) is 0 Å². The Balaban J connectivity index is 2.24. The molecule has 3 N–H and O–H groups in total. The Labute approximate surface area is 161 Å². The lowest BCUT2D eigenvalue weighted by Gasteiger charge is -2.13. The van der Waals surface area contributed by atoms with E-state index in [1.165, 1.54) is 30.3 Å². The Bertz CT molecular complexity index is 1030. The summed E-state index contributed by atoms with van der Waals surface area (Å²) in [5.41, 5.74) is 5.78. The van der Waals surface area contributed by atoms with Crippen LogP contribution in [0.25, 0.3) is 0 Å². The van der Waals surface area contributed by atoms with Crippen molar-refractivity contribution in [1.82, 2.24) is 5.32 Å². The second kappa shape index (κ2) is 8.53. The molecule has 3 amide bonds. The lowest BCUT2D eigenvalue weighted by molar-refractivity contribution is -0.123. The third-order valence-corrected chi connectivity index (χ3v) is 4.89. The Morgan fingerprint density at radius 3 is 2.43 bits per heavy atom. The maximum Gasteiger partial charge on any atom is 0.342 e. The van der Waals surface area contributed by atoms with Crippen LogP contribution < -0.4 is 15.2 Å². The van der Waals surface area contributed by atoms with Gasteiger partial charge in [-0.15, -0.1) is 0 Å². The average Bonchev–Trinajstić information content (AvgIpc) is 2.61. The standard InChI is InChI=1S/C18H18N2O7S/c1-11-7-8-12(2)15(9-11)28(24,25)27-14-6-4-3-5-13(14)17(22)26-10-16(21)20-18(19)23/h3-9H,10H2,1-2H3,(H3,19,20,21,23). The minimum Gasteiger partial charge on any atom is -0.452 e. The third kappa shape index (κ3) is 5.30. The van der Waals surface area contributed by atoms with E-state index < -0.39 is 34.6 Å². The van der Waals surface area contributed by atoms with Crippen molar-refractivity contribution in [2.24, 2.45) is 5.73 Å². The number of carbonyl (C=O) groups is 3. The normalized spacial score (nSPS) is 10.8. The Morgan fingerprint density at radius 1 is 1.07 bits per heavy atom. The maximum atomic E-state index is 12.6. The summed E-state index contributed by atoms with van der Waals surface area (Å²) in [6, 6.07) is 9.27. The molecule has 9 nitrogen and oxygen atoms in total. The van der Waals surface area contributed by atoms with Crippen LogP contribution in [0.1, 0.15) is 21.5 Å². The summed E-state index contributed by atoms with van der Waals surface area (Å²) in [6.45, 7) is 2.58. The number of nitrogens with two attached hydrogens (primary N) is 1. The Hall–Kier alpha value is -3.40. The summed E-state index contributed by atoms with van der Waals surface area (Å²) in [6.07, 6.45) is 0. The lowest BCUT2D eigenvalue weighted by Crippen LogP contribution is -2.37. The molecule has 0 radical (unpaired) electrons. The van der Waals surface area contributed by atoms with E-state index in [-0.39, 0.29) is 16.2 Å². The van der Waals surface area contributed by atoms with Gasteiger partial charge >= 0.3 is 22.1 Å². The molecule has 0 spiro atoms. The number of urea groups is 1. The molecule has 0 aromatic heterocycles. The Kier molecular flexibility index (Phi) is 6.37. The number of benzene rings is 2. The van der Waals surface area contributed by atoms with Crippen molar-refractivity contribution in [3.8, 4) is 5.75 Å². The number of rotatable bonds is 6. The zero-order valence-corrected chi connectivity index (χ0v) is 15.9. The number of amides is 3. The van der Waals surface area contributed by atoms with Gasteiger partial charge in [0.25, 0.3) is 5.91 Å². The monoisotopic (exact) mass is 406 g/mol. The molecular formula is C18H18N2O7S. The van der Waals surface area contributed by atoms with Gasteiger partial charge in [-0.1, -0.05) is 24.3 Å². The van der Waals surface area contributed by atoms with Crippen LogP contribution in [-0.2, 0) is 19.6 Å². The highest BCUT2D eigenvalue weighted by Crippen LogP contribution is 2.25. The fourth-order valence-corrected chi connectivity index (χ4v) is 3.49. The molecule has 0 atom stereocenters. The minimum atomic E-state index is -4.22. The summed E-state index contributed by atoms with van der Waals surface area (Å²) in [7, 11) is -4.22. The van der Waals surface area contributed by atoms with Gasteiger partial charge in [0.05, 0.1) is 0 Å². The van der Waals surface area contributed by atoms with Crippen LogP contribution in [-0.4, -0.2) is 32.9 Å². The summed E-state index contributed by atoms with van der Waals surface area (Å²) < 4.78 is 35.2. The molecule has 2 aromatic carbocycles. The van der Waals surface area contributed by atoms with Gasteiger partial charge < -0.3 is 14.7 Å². The molecule has 0 heterocycles. The van der Waals surface area contributed by atoms with Crippen LogP contribution in [0.5, 0.6) is 5.75 Å². The largest absolute Gasteiger partial charge is 0.452 e. The van der Waals surface area contributed by atoms with E-state index in [0.29, 0.717) is 5.56 Å².